The van der Waals surface area contributed by atoms with E-state index in [9.17, 15) is 0 Å². The topological polar surface area (TPSA) is 24.9 Å². The van der Waals surface area contributed by atoms with E-state index in [1.165, 1.54) is 11.1 Å². The minimum Gasteiger partial charge on any atom is -0.310 e. The highest BCUT2D eigenvalue weighted by molar-refractivity contribution is 9.10. The highest BCUT2D eigenvalue weighted by Gasteiger charge is 2.04. The summed E-state index contributed by atoms with van der Waals surface area (Å²) >= 11 is 3.50. The van der Waals surface area contributed by atoms with Gasteiger partial charge in [0.1, 0.15) is 0 Å². The first-order chi connectivity index (χ1) is 8.75. The molecule has 0 radical (unpaired) electrons. The second-order valence-electron chi connectivity index (χ2n) is 4.34. The summed E-state index contributed by atoms with van der Waals surface area (Å²) in [5.74, 6) is 0. The smallest absolute Gasteiger partial charge is 0.0300 e. The Kier molecular flexibility index (Phi) is 4.90. The van der Waals surface area contributed by atoms with E-state index in [-0.39, 0.29) is 0 Å². The van der Waals surface area contributed by atoms with Gasteiger partial charge >= 0.3 is 0 Å². The van der Waals surface area contributed by atoms with Gasteiger partial charge in [-0.05, 0) is 49.2 Å². The van der Waals surface area contributed by atoms with Gasteiger partial charge in [0, 0.05) is 22.9 Å². The first kappa shape index (κ1) is 13.2. The van der Waals surface area contributed by atoms with Crippen LogP contribution in [0.4, 0.5) is 0 Å². The molecule has 1 aromatic carbocycles. The lowest BCUT2D eigenvalue weighted by atomic mass is 10.1. The molecular formula is C15H17BrN2. The van der Waals surface area contributed by atoms with Crippen molar-refractivity contribution >= 4 is 15.9 Å². The number of aromatic nitrogens is 1. The van der Waals surface area contributed by atoms with E-state index in [1.54, 1.807) is 6.20 Å². The molecule has 0 unspecified atom stereocenters. The molecule has 0 fully saturated rings. The Bertz CT molecular complexity index is 485. The lowest BCUT2D eigenvalue weighted by Crippen LogP contribution is -2.21. The average Bonchev–Trinajstić information content (AvgIpc) is 2.40. The Morgan fingerprint density at radius 3 is 2.89 bits per heavy atom. The van der Waals surface area contributed by atoms with Crippen molar-refractivity contribution in [1.82, 2.24) is 10.3 Å². The second-order valence-corrected chi connectivity index (χ2v) is 5.26. The van der Waals surface area contributed by atoms with Gasteiger partial charge in [0.05, 0.1) is 0 Å². The van der Waals surface area contributed by atoms with Crippen LogP contribution in [0.15, 0.2) is 53.3 Å². The average molecular weight is 305 g/mol. The predicted molar refractivity (Wildman–Crippen MR) is 78.5 cm³/mol. The number of halogens is 1. The maximum absolute atomic E-state index is 4.12. The zero-order valence-electron chi connectivity index (χ0n) is 10.4. The maximum Gasteiger partial charge on any atom is 0.0300 e. The Morgan fingerprint density at radius 1 is 1.28 bits per heavy atom. The molecule has 2 rings (SSSR count). The van der Waals surface area contributed by atoms with Crippen molar-refractivity contribution in [2.24, 2.45) is 0 Å². The molecule has 0 aliphatic heterocycles. The molecule has 0 amide bonds. The lowest BCUT2D eigenvalue weighted by molar-refractivity contribution is 0.576. The fraction of sp³-hybridized carbons (Fsp3) is 0.267. The van der Waals surface area contributed by atoms with Gasteiger partial charge in [-0.25, -0.2) is 0 Å². The van der Waals surface area contributed by atoms with Crippen molar-refractivity contribution in [3.63, 3.8) is 0 Å². The molecule has 0 aliphatic rings. The number of nitrogens with one attached hydrogen (secondary N) is 1. The summed E-state index contributed by atoms with van der Waals surface area (Å²) in [6.07, 6.45) is 4.73. The summed E-state index contributed by atoms with van der Waals surface area (Å²) in [6.45, 7) is 3.14. The summed E-state index contributed by atoms with van der Waals surface area (Å²) in [4.78, 5) is 4.12. The minimum absolute atomic E-state index is 0.360. The van der Waals surface area contributed by atoms with Crippen LogP contribution in [-0.4, -0.2) is 11.5 Å². The molecule has 1 atom stereocenters. The molecule has 1 aromatic heterocycles. The van der Waals surface area contributed by atoms with Crippen molar-refractivity contribution in [3.05, 3.63) is 64.4 Å². The molecular weight excluding hydrogens is 288 g/mol. The van der Waals surface area contributed by atoms with Crippen LogP contribution in [0.2, 0.25) is 0 Å². The molecule has 1 N–H and O–H groups in total. The second kappa shape index (κ2) is 6.66. The van der Waals surface area contributed by atoms with Crippen molar-refractivity contribution in [3.8, 4) is 0 Å². The summed E-state index contributed by atoms with van der Waals surface area (Å²) in [7, 11) is 0. The first-order valence-corrected chi connectivity index (χ1v) is 6.93. The van der Waals surface area contributed by atoms with Gasteiger partial charge in [0.2, 0.25) is 0 Å². The van der Waals surface area contributed by atoms with Gasteiger partial charge in [-0.15, -0.1) is 0 Å². The van der Waals surface area contributed by atoms with Crippen LogP contribution in [0.5, 0.6) is 0 Å². The van der Waals surface area contributed by atoms with Crippen LogP contribution in [0.3, 0.4) is 0 Å². The molecule has 0 bridgehead atoms. The Morgan fingerprint density at radius 2 is 2.17 bits per heavy atom. The number of nitrogens with zero attached hydrogens (tertiary/aromatic N) is 1. The summed E-state index contributed by atoms with van der Waals surface area (Å²) in [5.41, 5.74) is 2.57. The van der Waals surface area contributed by atoms with Crippen LogP contribution < -0.4 is 5.32 Å². The SMILES string of the molecule is C[C@H](NCCc1cccnc1)c1cccc(Br)c1. The molecule has 3 heteroatoms. The summed E-state index contributed by atoms with van der Waals surface area (Å²) < 4.78 is 1.13. The van der Waals surface area contributed by atoms with Crippen LogP contribution in [0.25, 0.3) is 0 Å². The molecule has 2 aromatic rings. The minimum atomic E-state index is 0.360. The largest absolute Gasteiger partial charge is 0.310 e. The third-order valence-corrected chi connectivity index (χ3v) is 3.43. The van der Waals surface area contributed by atoms with Crippen molar-refractivity contribution in [1.29, 1.82) is 0 Å². The monoisotopic (exact) mass is 304 g/mol. The summed E-state index contributed by atoms with van der Waals surface area (Å²) in [6, 6.07) is 12.9. The third kappa shape index (κ3) is 3.93. The van der Waals surface area contributed by atoms with Gasteiger partial charge < -0.3 is 5.32 Å². The van der Waals surface area contributed by atoms with Crippen molar-refractivity contribution in [2.45, 2.75) is 19.4 Å². The molecule has 94 valence electrons. The molecule has 1 heterocycles. The lowest BCUT2D eigenvalue weighted by Gasteiger charge is -2.14. The van der Waals surface area contributed by atoms with E-state index in [0.29, 0.717) is 6.04 Å². The van der Waals surface area contributed by atoms with E-state index >= 15 is 0 Å². The van der Waals surface area contributed by atoms with Crippen molar-refractivity contribution < 1.29 is 0 Å². The molecule has 0 spiro atoms. The quantitative estimate of drug-likeness (QED) is 0.910. The van der Waals surface area contributed by atoms with Crippen LogP contribution in [0, 0.1) is 0 Å². The van der Waals surface area contributed by atoms with Gasteiger partial charge in [-0.2, -0.15) is 0 Å². The number of hydrogen-bond donors (Lipinski definition) is 1. The van der Waals surface area contributed by atoms with E-state index in [2.05, 4.69) is 57.4 Å². The predicted octanol–water partition coefficient (Wildman–Crippen LogP) is 3.74. The van der Waals surface area contributed by atoms with E-state index < -0.39 is 0 Å². The van der Waals surface area contributed by atoms with Crippen LogP contribution in [0.1, 0.15) is 24.1 Å². The van der Waals surface area contributed by atoms with Gasteiger partial charge in [-0.1, -0.05) is 34.1 Å². The number of hydrogen-bond acceptors (Lipinski definition) is 2. The number of pyridine rings is 1. The fourth-order valence-corrected chi connectivity index (χ4v) is 2.29. The molecule has 18 heavy (non-hydrogen) atoms. The third-order valence-electron chi connectivity index (χ3n) is 2.94. The Hall–Kier alpha value is -1.19. The Balaban J connectivity index is 1.83. The standard InChI is InChI=1S/C15H17BrN2/c1-12(14-5-2-6-15(16)10-14)18-9-7-13-4-3-8-17-11-13/h2-6,8,10-12,18H,7,9H2,1H3/t12-/m0/s1. The molecule has 2 nitrogen and oxygen atoms in total. The van der Waals surface area contributed by atoms with E-state index in [0.717, 1.165) is 17.4 Å². The van der Waals surface area contributed by atoms with Crippen molar-refractivity contribution in [2.75, 3.05) is 6.54 Å². The molecule has 0 aliphatic carbocycles. The molecule has 0 saturated heterocycles. The highest BCUT2D eigenvalue weighted by Crippen LogP contribution is 2.17. The van der Waals surface area contributed by atoms with Gasteiger partial charge in [0.25, 0.3) is 0 Å². The van der Waals surface area contributed by atoms with E-state index in [1.807, 2.05) is 18.3 Å². The maximum atomic E-state index is 4.12. The normalized spacial score (nSPS) is 12.3. The van der Waals surface area contributed by atoms with Crippen LogP contribution in [-0.2, 0) is 6.42 Å². The zero-order chi connectivity index (χ0) is 12.8. The zero-order valence-corrected chi connectivity index (χ0v) is 12.0. The number of benzene rings is 1. The van der Waals surface area contributed by atoms with E-state index in [4.69, 9.17) is 0 Å². The first-order valence-electron chi connectivity index (χ1n) is 6.13. The fourth-order valence-electron chi connectivity index (χ4n) is 1.87. The highest BCUT2D eigenvalue weighted by atomic mass is 79.9. The summed E-state index contributed by atoms with van der Waals surface area (Å²) in [5, 5.41) is 3.53. The van der Waals surface area contributed by atoms with Crippen LogP contribution >= 0.6 is 15.9 Å². The van der Waals surface area contributed by atoms with Gasteiger partial charge in [-0.3, -0.25) is 4.98 Å². The van der Waals surface area contributed by atoms with Gasteiger partial charge in [0.15, 0.2) is 0 Å². The Labute approximate surface area is 117 Å². The molecule has 0 saturated carbocycles. The number of rotatable bonds is 5.